The Balaban J connectivity index is 1.35. The number of para-hydroxylation sites is 1. The molecule has 0 fully saturated rings. The predicted molar refractivity (Wildman–Crippen MR) is 128 cm³/mol. The smallest absolute Gasteiger partial charge is 0.255 e. The summed E-state index contributed by atoms with van der Waals surface area (Å²) in [4.78, 5) is 17.0. The van der Waals surface area contributed by atoms with E-state index in [4.69, 9.17) is 14.7 Å². The Morgan fingerprint density at radius 3 is 2.32 bits per heavy atom. The number of nitrogens with one attached hydrogen (secondary N) is 1. The fourth-order valence-electron chi connectivity index (χ4n) is 3.30. The molecule has 7 nitrogen and oxygen atoms in total. The lowest BCUT2D eigenvalue weighted by Crippen LogP contribution is -2.14. The lowest BCUT2D eigenvalue weighted by Gasteiger charge is -2.13. The van der Waals surface area contributed by atoms with Crippen molar-refractivity contribution in [2.75, 3.05) is 5.32 Å². The molecule has 1 aromatic heterocycles. The first kappa shape index (κ1) is 22.6. The zero-order valence-corrected chi connectivity index (χ0v) is 18.8. The van der Waals surface area contributed by atoms with Gasteiger partial charge in [0.2, 0.25) is 0 Å². The number of nitrogens with zero attached hydrogens (tertiary/aromatic N) is 3. The number of ether oxygens (including phenoxy) is 2. The Bertz CT molecular complexity index is 1290. The quantitative estimate of drug-likeness (QED) is 0.390. The largest absolute Gasteiger partial charge is 0.489 e. The first-order chi connectivity index (χ1) is 16.6. The Labute approximate surface area is 198 Å². The number of amides is 1. The molecule has 0 radical (unpaired) electrons. The number of anilines is 1. The van der Waals surface area contributed by atoms with Crippen molar-refractivity contribution in [1.29, 1.82) is 5.26 Å². The molecule has 4 aromatic rings. The summed E-state index contributed by atoms with van der Waals surface area (Å²) in [7, 11) is 1.91. The number of aryl methyl sites for hydroxylation is 1. The molecule has 0 bridgehead atoms. The second kappa shape index (κ2) is 10.8. The van der Waals surface area contributed by atoms with Crippen molar-refractivity contribution in [3.05, 3.63) is 108 Å². The first-order valence-electron chi connectivity index (χ1n) is 10.8. The van der Waals surface area contributed by atoms with Gasteiger partial charge in [-0.2, -0.15) is 5.26 Å². The lowest BCUT2D eigenvalue weighted by molar-refractivity contribution is 0.102. The van der Waals surface area contributed by atoms with Gasteiger partial charge in [-0.15, -0.1) is 0 Å². The van der Waals surface area contributed by atoms with Crippen LogP contribution >= 0.6 is 0 Å². The van der Waals surface area contributed by atoms with E-state index >= 15 is 0 Å². The normalized spacial score (nSPS) is 10.4. The van der Waals surface area contributed by atoms with E-state index in [0.29, 0.717) is 42.4 Å². The Kier molecular flexibility index (Phi) is 7.21. The molecule has 0 aliphatic rings. The maximum atomic E-state index is 12.8. The van der Waals surface area contributed by atoms with Crippen molar-refractivity contribution < 1.29 is 14.3 Å². The van der Waals surface area contributed by atoms with Gasteiger partial charge in [0.15, 0.2) is 0 Å². The molecule has 1 heterocycles. The number of rotatable bonds is 9. The number of imidazole rings is 1. The van der Waals surface area contributed by atoms with Crippen LogP contribution in [0.3, 0.4) is 0 Å². The van der Waals surface area contributed by atoms with Gasteiger partial charge in [-0.05, 0) is 48.0 Å². The molecule has 0 atom stereocenters. The number of carbonyl (C=O) groups is 1. The van der Waals surface area contributed by atoms with Gasteiger partial charge in [0.1, 0.15) is 30.5 Å². The average molecular weight is 453 g/mol. The van der Waals surface area contributed by atoms with Gasteiger partial charge >= 0.3 is 0 Å². The SMILES string of the molecule is Cn1ccnc1COc1ccc(C(=O)Nc2ccccc2COc2ccc(CC#N)cc2)cc1. The maximum absolute atomic E-state index is 12.8. The Morgan fingerprint density at radius 1 is 0.971 bits per heavy atom. The van der Waals surface area contributed by atoms with Crippen LogP contribution in [-0.4, -0.2) is 15.5 Å². The van der Waals surface area contributed by atoms with Crippen LogP contribution in [0.5, 0.6) is 11.5 Å². The molecule has 1 N–H and O–H groups in total. The topological polar surface area (TPSA) is 89.2 Å². The highest BCUT2D eigenvalue weighted by Crippen LogP contribution is 2.21. The van der Waals surface area contributed by atoms with E-state index in [1.807, 2.05) is 66.3 Å². The minimum Gasteiger partial charge on any atom is -0.489 e. The molecule has 0 aliphatic heterocycles. The van der Waals surface area contributed by atoms with Crippen molar-refractivity contribution in [2.24, 2.45) is 7.05 Å². The summed E-state index contributed by atoms with van der Waals surface area (Å²) in [6.45, 7) is 0.650. The van der Waals surface area contributed by atoms with Gasteiger partial charge in [-0.1, -0.05) is 30.3 Å². The van der Waals surface area contributed by atoms with Gasteiger partial charge < -0.3 is 19.4 Å². The number of hydrogen-bond acceptors (Lipinski definition) is 5. The monoisotopic (exact) mass is 452 g/mol. The minimum absolute atomic E-state index is 0.219. The van der Waals surface area contributed by atoms with E-state index in [2.05, 4.69) is 16.4 Å². The second-order valence-corrected chi connectivity index (χ2v) is 7.65. The molecule has 0 aliphatic carbocycles. The van der Waals surface area contributed by atoms with Crippen LogP contribution < -0.4 is 14.8 Å². The molecule has 0 spiro atoms. The first-order valence-corrected chi connectivity index (χ1v) is 10.8. The van der Waals surface area contributed by atoms with Crippen LogP contribution in [0.4, 0.5) is 5.69 Å². The zero-order valence-electron chi connectivity index (χ0n) is 18.8. The van der Waals surface area contributed by atoms with Gasteiger partial charge in [-0.25, -0.2) is 4.98 Å². The second-order valence-electron chi connectivity index (χ2n) is 7.65. The van der Waals surface area contributed by atoms with Crippen molar-refractivity contribution in [2.45, 2.75) is 19.6 Å². The van der Waals surface area contributed by atoms with Crippen LogP contribution in [0.2, 0.25) is 0 Å². The fraction of sp³-hybridized carbons (Fsp3) is 0.148. The third kappa shape index (κ3) is 5.81. The summed E-state index contributed by atoms with van der Waals surface area (Å²) in [5.74, 6) is 1.96. The van der Waals surface area contributed by atoms with Gasteiger partial charge in [-0.3, -0.25) is 4.79 Å². The number of aromatic nitrogens is 2. The van der Waals surface area contributed by atoms with E-state index in [-0.39, 0.29) is 5.91 Å². The summed E-state index contributed by atoms with van der Waals surface area (Å²) in [5.41, 5.74) is 3.00. The fourth-order valence-corrected chi connectivity index (χ4v) is 3.30. The third-order valence-electron chi connectivity index (χ3n) is 5.27. The molecule has 0 saturated carbocycles. The maximum Gasteiger partial charge on any atom is 0.255 e. The molecule has 4 rings (SSSR count). The Hall–Kier alpha value is -4.57. The molecule has 7 heteroatoms. The highest BCUT2D eigenvalue weighted by atomic mass is 16.5. The zero-order chi connectivity index (χ0) is 23.8. The highest BCUT2D eigenvalue weighted by Gasteiger charge is 2.10. The third-order valence-corrected chi connectivity index (χ3v) is 5.27. The van der Waals surface area contributed by atoms with E-state index < -0.39 is 0 Å². The summed E-state index contributed by atoms with van der Waals surface area (Å²) >= 11 is 0. The van der Waals surface area contributed by atoms with Crippen molar-refractivity contribution in [1.82, 2.24) is 9.55 Å². The predicted octanol–water partition coefficient (Wildman–Crippen LogP) is 4.90. The van der Waals surface area contributed by atoms with Crippen molar-refractivity contribution in [3.8, 4) is 17.6 Å². The van der Waals surface area contributed by atoms with Crippen LogP contribution in [0.1, 0.15) is 27.3 Å². The highest BCUT2D eigenvalue weighted by molar-refractivity contribution is 6.04. The van der Waals surface area contributed by atoms with Gasteiger partial charge in [0, 0.05) is 36.3 Å². The average Bonchev–Trinajstić information content (AvgIpc) is 3.28. The molecule has 170 valence electrons. The molecular weight excluding hydrogens is 428 g/mol. The summed E-state index contributed by atoms with van der Waals surface area (Å²) in [6.07, 6.45) is 3.95. The molecule has 0 saturated heterocycles. The van der Waals surface area contributed by atoms with Crippen LogP contribution in [0.25, 0.3) is 0 Å². The summed E-state index contributed by atoms with van der Waals surface area (Å²) in [6, 6.07) is 24.1. The molecule has 0 unspecified atom stereocenters. The molecular formula is C27H24N4O3. The number of carbonyl (C=O) groups excluding carboxylic acids is 1. The van der Waals surface area contributed by atoms with Crippen molar-refractivity contribution >= 4 is 11.6 Å². The number of benzene rings is 3. The molecule has 34 heavy (non-hydrogen) atoms. The molecule has 1 amide bonds. The van der Waals surface area contributed by atoms with Crippen LogP contribution in [0, 0.1) is 11.3 Å². The minimum atomic E-state index is -0.219. The number of nitriles is 1. The van der Waals surface area contributed by atoms with Gasteiger partial charge in [0.05, 0.1) is 12.5 Å². The van der Waals surface area contributed by atoms with E-state index in [1.54, 1.807) is 30.5 Å². The summed E-state index contributed by atoms with van der Waals surface area (Å²) < 4.78 is 13.5. The Morgan fingerprint density at radius 2 is 1.65 bits per heavy atom. The van der Waals surface area contributed by atoms with E-state index in [9.17, 15) is 4.79 Å². The summed E-state index contributed by atoms with van der Waals surface area (Å²) in [5, 5.41) is 11.7. The lowest BCUT2D eigenvalue weighted by atomic mass is 10.1. The molecule has 3 aromatic carbocycles. The van der Waals surface area contributed by atoms with E-state index in [1.165, 1.54) is 0 Å². The van der Waals surface area contributed by atoms with Gasteiger partial charge in [0.25, 0.3) is 5.91 Å². The van der Waals surface area contributed by atoms with Crippen LogP contribution in [0.15, 0.2) is 85.2 Å². The van der Waals surface area contributed by atoms with Crippen LogP contribution in [-0.2, 0) is 26.7 Å². The van der Waals surface area contributed by atoms with Crippen molar-refractivity contribution in [3.63, 3.8) is 0 Å². The standard InChI is InChI=1S/C27H24N4O3/c1-31-17-16-29-26(31)19-34-24-12-8-21(9-13-24)27(32)30-25-5-3-2-4-22(25)18-33-23-10-6-20(7-11-23)14-15-28/h2-13,16-17H,14,18-19H2,1H3,(H,30,32). The number of hydrogen-bond donors (Lipinski definition) is 1. The van der Waals surface area contributed by atoms with E-state index in [0.717, 1.165) is 17.0 Å².